The lowest BCUT2D eigenvalue weighted by Gasteiger charge is -2.14. The van der Waals surface area contributed by atoms with E-state index in [1.807, 2.05) is 60.7 Å². The molecule has 1 nitrogen and oxygen atoms in total. The molecule has 2 atom stereocenters. The van der Waals surface area contributed by atoms with Crippen molar-refractivity contribution in [2.24, 2.45) is 0 Å². The third kappa shape index (κ3) is 4.00. The van der Waals surface area contributed by atoms with Gasteiger partial charge in [0.1, 0.15) is 5.38 Å². The summed E-state index contributed by atoms with van der Waals surface area (Å²) >= 11 is 13.5. The third-order valence-electron chi connectivity index (χ3n) is 2.56. The molecule has 0 radical (unpaired) electrons. The van der Waals surface area contributed by atoms with E-state index < -0.39 is 10.8 Å². The fourth-order valence-electron chi connectivity index (χ4n) is 1.59. The molecule has 19 heavy (non-hydrogen) atoms. The Hall–Kier alpha value is -0.960. The molecule has 2 rings (SSSR count). The topological polar surface area (TPSA) is 17.1 Å². The van der Waals surface area contributed by atoms with Crippen molar-refractivity contribution in [3.8, 4) is 0 Å². The largest absolute Gasteiger partial charge is 0.285 e. The van der Waals surface area contributed by atoms with E-state index in [2.05, 4.69) is 0 Å². The average molecular weight is 311 g/mol. The van der Waals surface area contributed by atoms with Gasteiger partial charge in [0.05, 0.1) is 5.38 Å². The predicted molar refractivity (Wildman–Crippen MR) is 82.0 cm³/mol. The molecule has 0 unspecified atom stereocenters. The van der Waals surface area contributed by atoms with Crippen LogP contribution < -0.4 is 0 Å². The first kappa shape index (κ1) is 14.4. The number of carbonyl (C=O) groups excluding carboxylic acids is 1. The van der Waals surface area contributed by atoms with Crippen LogP contribution in [0, 0.1) is 0 Å². The van der Waals surface area contributed by atoms with Crippen molar-refractivity contribution >= 4 is 40.1 Å². The second-order valence-corrected chi connectivity index (χ2v) is 5.97. The standard InChI is InChI=1S/C15H12Cl2OS/c16-13(11-7-3-1-4-8-11)14(17)15(18)19-12-9-5-2-6-10-12/h1-10,13-14H/t13-,14-/m1/s1. The minimum Gasteiger partial charge on any atom is -0.285 e. The van der Waals surface area contributed by atoms with E-state index in [-0.39, 0.29) is 5.12 Å². The Labute approximate surface area is 126 Å². The quantitative estimate of drug-likeness (QED) is 0.590. The highest BCUT2D eigenvalue weighted by atomic mass is 35.5. The summed E-state index contributed by atoms with van der Waals surface area (Å²) in [6.07, 6.45) is 0. The Morgan fingerprint density at radius 2 is 1.42 bits per heavy atom. The molecule has 0 aromatic heterocycles. The number of hydrogen-bond acceptors (Lipinski definition) is 2. The van der Waals surface area contributed by atoms with Gasteiger partial charge >= 0.3 is 0 Å². The summed E-state index contributed by atoms with van der Waals surface area (Å²) in [5, 5.41) is -1.42. The Balaban J connectivity index is 2.03. The predicted octanol–water partition coefficient (Wildman–Crippen LogP) is 4.89. The van der Waals surface area contributed by atoms with Crippen LogP contribution in [0.3, 0.4) is 0 Å². The highest BCUT2D eigenvalue weighted by Crippen LogP contribution is 2.33. The van der Waals surface area contributed by atoms with E-state index in [0.29, 0.717) is 0 Å². The molecule has 0 aliphatic rings. The molecule has 4 heteroatoms. The fourth-order valence-corrected chi connectivity index (χ4v) is 2.97. The average Bonchev–Trinajstić information content (AvgIpc) is 2.47. The maximum atomic E-state index is 12.1. The van der Waals surface area contributed by atoms with E-state index >= 15 is 0 Å². The van der Waals surface area contributed by atoms with Crippen molar-refractivity contribution < 1.29 is 4.79 Å². The van der Waals surface area contributed by atoms with Crippen LogP contribution >= 0.6 is 35.0 Å². The third-order valence-corrected chi connectivity index (χ3v) is 4.74. The van der Waals surface area contributed by atoms with Crippen LogP contribution in [0.2, 0.25) is 0 Å². The zero-order valence-corrected chi connectivity index (χ0v) is 12.3. The molecule has 2 aromatic rings. The van der Waals surface area contributed by atoms with Gasteiger partial charge in [-0.1, -0.05) is 60.3 Å². The first-order valence-corrected chi connectivity index (χ1v) is 7.47. The normalized spacial score (nSPS) is 13.8. The van der Waals surface area contributed by atoms with Gasteiger partial charge in [-0.3, -0.25) is 4.79 Å². The molecule has 0 heterocycles. The monoisotopic (exact) mass is 310 g/mol. The zero-order valence-electron chi connectivity index (χ0n) is 10.0. The number of alkyl halides is 2. The van der Waals surface area contributed by atoms with Crippen LogP contribution in [0.4, 0.5) is 0 Å². The molecule has 0 saturated carbocycles. The van der Waals surface area contributed by atoms with E-state index in [1.54, 1.807) is 0 Å². The minimum atomic E-state index is -0.755. The summed E-state index contributed by atoms with van der Waals surface area (Å²) in [5.74, 6) is 0. The zero-order chi connectivity index (χ0) is 13.7. The van der Waals surface area contributed by atoms with E-state index in [1.165, 1.54) is 0 Å². The van der Waals surface area contributed by atoms with Gasteiger partial charge in [-0.25, -0.2) is 0 Å². The Morgan fingerprint density at radius 3 is 2.00 bits per heavy atom. The second kappa shape index (κ2) is 6.99. The highest BCUT2D eigenvalue weighted by Gasteiger charge is 2.26. The summed E-state index contributed by atoms with van der Waals surface area (Å²) < 4.78 is 0. The SMILES string of the molecule is O=C(Sc1ccccc1)[C@H](Cl)[C@H](Cl)c1ccccc1. The van der Waals surface area contributed by atoms with Crippen molar-refractivity contribution in [2.45, 2.75) is 15.6 Å². The smallest absolute Gasteiger partial charge is 0.213 e. The molecule has 0 amide bonds. The Bertz CT molecular complexity index is 530. The van der Waals surface area contributed by atoms with Crippen LogP contribution in [-0.2, 0) is 4.79 Å². The summed E-state index contributed by atoms with van der Waals surface area (Å²) in [6, 6.07) is 18.8. The van der Waals surface area contributed by atoms with Gasteiger partial charge in [0.25, 0.3) is 0 Å². The Kier molecular flexibility index (Phi) is 5.32. The molecule has 0 aliphatic carbocycles. The Morgan fingerprint density at radius 1 is 0.895 bits per heavy atom. The van der Waals surface area contributed by atoms with Crippen LogP contribution in [0.15, 0.2) is 65.6 Å². The summed E-state index contributed by atoms with van der Waals surface area (Å²) in [5.41, 5.74) is 0.853. The number of thioether (sulfide) groups is 1. The molecular formula is C15H12Cl2OS. The fraction of sp³-hybridized carbons (Fsp3) is 0.133. The number of hydrogen-bond donors (Lipinski definition) is 0. The van der Waals surface area contributed by atoms with Crippen molar-refractivity contribution in [2.75, 3.05) is 0 Å². The van der Waals surface area contributed by atoms with Gasteiger partial charge in [0.2, 0.25) is 5.12 Å². The molecule has 0 bridgehead atoms. The summed E-state index contributed by atoms with van der Waals surface area (Å²) in [6.45, 7) is 0. The van der Waals surface area contributed by atoms with Crippen molar-refractivity contribution in [1.29, 1.82) is 0 Å². The van der Waals surface area contributed by atoms with Crippen molar-refractivity contribution in [3.63, 3.8) is 0 Å². The van der Waals surface area contributed by atoms with Gasteiger partial charge in [-0.15, -0.1) is 23.2 Å². The van der Waals surface area contributed by atoms with E-state index in [0.717, 1.165) is 22.2 Å². The van der Waals surface area contributed by atoms with Crippen molar-refractivity contribution in [1.82, 2.24) is 0 Å². The molecule has 98 valence electrons. The van der Waals surface area contributed by atoms with Gasteiger partial charge in [-0.2, -0.15) is 0 Å². The highest BCUT2D eigenvalue weighted by molar-refractivity contribution is 8.14. The van der Waals surface area contributed by atoms with Gasteiger partial charge in [-0.05, 0) is 17.7 Å². The summed E-state index contributed by atoms with van der Waals surface area (Å²) in [4.78, 5) is 12.9. The van der Waals surface area contributed by atoms with E-state index in [4.69, 9.17) is 23.2 Å². The maximum Gasteiger partial charge on any atom is 0.213 e. The summed E-state index contributed by atoms with van der Waals surface area (Å²) in [7, 11) is 0. The van der Waals surface area contributed by atoms with Crippen LogP contribution in [0.1, 0.15) is 10.9 Å². The molecule has 0 N–H and O–H groups in total. The van der Waals surface area contributed by atoms with Gasteiger partial charge in [0, 0.05) is 4.90 Å². The lowest BCUT2D eigenvalue weighted by atomic mass is 10.1. The lowest BCUT2D eigenvalue weighted by molar-refractivity contribution is -0.110. The second-order valence-electron chi connectivity index (χ2n) is 3.95. The number of rotatable bonds is 4. The lowest BCUT2D eigenvalue weighted by Crippen LogP contribution is -2.16. The molecule has 2 aromatic carbocycles. The first-order valence-electron chi connectivity index (χ1n) is 5.78. The minimum absolute atomic E-state index is 0.142. The molecule has 0 fully saturated rings. The first-order chi connectivity index (χ1) is 9.18. The maximum absolute atomic E-state index is 12.1. The van der Waals surface area contributed by atoms with Gasteiger partial charge < -0.3 is 0 Å². The molecule has 0 spiro atoms. The molecule has 0 aliphatic heterocycles. The number of halogens is 2. The van der Waals surface area contributed by atoms with E-state index in [9.17, 15) is 4.79 Å². The van der Waals surface area contributed by atoms with Gasteiger partial charge in [0.15, 0.2) is 0 Å². The number of benzene rings is 2. The molecular weight excluding hydrogens is 299 g/mol. The van der Waals surface area contributed by atoms with Crippen LogP contribution in [-0.4, -0.2) is 10.5 Å². The van der Waals surface area contributed by atoms with Crippen molar-refractivity contribution in [3.05, 3.63) is 66.2 Å². The molecule has 0 saturated heterocycles. The van der Waals surface area contributed by atoms with Crippen LogP contribution in [0.25, 0.3) is 0 Å². The van der Waals surface area contributed by atoms with Crippen LogP contribution in [0.5, 0.6) is 0 Å². The number of carbonyl (C=O) groups is 1.